The van der Waals surface area contributed by atoms with Gasteiger partial charge in [0.05, 0.1) is 10.2 Å². The molecule has 1 aliphatic rings. The Bertz CT molecular complexity index is 844. The topological polar surface area (TPSA) is 60.5 Å². The van der Waals surface area contributed by atoms with Gasteiger partial charge in [-0.1, -0.05) is 11.3 Å². The quantitative estimate of drug-likeness (QED) is 0.709. The first-order chi connectivity index (χ1) is 11.2. The van der Waals surface area contributed by atoms with Gasteiger partial charge in [0.1, 0.15) is 18.1 Å². The molecule has 23 heavy (non-hydrogen) atoms. The molecule has 0 spiro atoms. The largest absolute Gasteiger partial charge is 0.486 e. The first-order valence-electron chi connectivity index (χ1n) is 6.87. The normalized spacial score (nSPS) is 13.3. The molecule has 0 radical (unpaired) electrons. The molecule has 1 aliphatic heterocycles. The van der Waals surface area contributed by atoms with Crippen molar-refractivity contribution in [2.24, 2.45) is 0 Å². The number of hydrogen-bond donors (Lipinski definition) is 1. The molecule has 0 bridgehead atoms. The predicted octanol–water partition coefficient (Wildman–Crippen LogP) is 4.10. The maximum Gasteiger partial charge on any atom is 0.268 e. The fraction of sp³-hybridized carbons (Fsp3) is 0.200. The Balaban J connectivity index is 1.63. The van der Waals surface area contributed by atoms with Gasteiger partial charge in [-0.15, -0.1) is 23.1 Å². The number of aromatic nitrogens is 1. The number of nitrogens with zero attached hydrogens (tertiary/aromatic N) is 1. The molecule has 0 saturated heterocycles. The van der Waals surface area contributed by atoms with E-state index in [0.29, 0.717) is 29.0 Å². The highest BCUT2D eigenvalue weighted by atomic mass is 32.2. The Morgan fingerprint density at radius 2 is 2.09 bits per heavy atom. The summed E-state index contributed by atoms with van der Waals surface area (Å²) < 4.78 is 12.1. The number of benzene rings is 1. The molecule has 0 aliphatic carbocycles. The van der Waals surface area contributed by atoms with E-state index in [0.717, 1.165) is 20.9 Å². The van der Waals surface area contributed by atoms with E-state index in [2.05, 4.69) is 10.3 Å². The maximum absolute atomic E-state index is 12.4. The van der Waals surface area contributed by atoms with Crippen LogP contribution in [0.4, 0.5) is 5.13 Å². The molecule has 4 rings (SSSR count). The Kier molecular flexibility index (Phi) is 3.88. The van der Waals surface area contributed by atoms with E-state index in [1.165, 1.54) is 22.7 Å². The monoisotopic (exact) mass is 364 g/mol. The number of ether oxygens (including phenoxy) is 2. The van der Waals surface area contributed by atoms with Crippen LogP contribution in [0, 0.1) is 0 Å². The summed E-state index contributed by atoms with van der Waals surface area (Å²) in [5.74, 6) is 1.31. The van der Waals surface area contributed by atoms with Crippen molar-refractivity contribution in [1.82, 2.24) is 4.98 Å². The van der Waals surface area contributed by atoms with Crippen LogP contribution in [0.25, 0.3) is 10.2 Å². The lowest BCUT2D eigenvalue weighted by molar-refractivity contribution is 0.102. The third kappa shape index (κ3) is 2.77. The average molecular weight is 364 g/mol. The van der Waals surface area contributed by atoms with Crippen LogP contribution in [0.1, 0.15) is 9.67 Å². The number of anilines is 1. The summed E-state index contributed by atoms with van der Waals surface area (Å²) in [5.41, 5.74) is 0.797. The minimum Gasteiger partial charge on any atom is -0.486 e. The van der Waals surface area contributed by atoms with Crippen LogP contribution in [0.3, 0.4) is 0 Å². The van der Waals surface area contributed by atoms with Crippen LogP contribution in [0.5, 0.6) is 11.5 Å². The van der Waals surface area contributed by atoms with Crippen molar-refractivity contribution in [3.05, 3.63) is 28.5 Å². The molecular formula is C15H12N2O3S3. The Morgan fingerprint density at radius 3 is 2.87 bits per heavy atom. The van der Waals surface area contributed by atoms with Crippen LogP contribution in [-0.2, 0) is 0 Å². The van der Waals surface area contributed by atoms with E-state index in [-0.39, 0.29) is 5.91 Å². The van der Waals surface area contributed by atoms with E-state index in [1.54, 1.807) is 11.8 Å². The van der Waals surface area contributed by atoms with Crippen LogP contribution < -0.4 is 14.8 Å². The SMILES string of the molecule is CSc1ccsc1C(=O)Nc1nc2cc3c(cc2s1)OCCO3. The lowest BCUT2D eigenvalue weighted by Gasteiger charge is -2.17. The molecule has 8 heteroatoms. The van der Waals surface area contributed by atoms with Gasteiger partial charge in [-0.25, -0.2) is 4.98 Å². The third-order valence-corrected chi connectivity index (χ3v) is 6.08. The summed E-state index contributed by atoms with van der Waals surface area (Å²) in [7, 11) is 0. The lowest BCUT2D eigenvalue weighted by atomic mass is 10.3. The van der Waals surface area contributed by atoms with Gasteiger partial charge in [-0.05, 0) is 17.7 Å². The summed E-state index contributed by atoms with van der Waals surface area (Å²) in [4.78, 5) is 18.6. The molecule has 1 N–H and O–H groups in total. The van der Waals surface area contributed by atoms with E-state index in [4.69, 9.17) is 9.47 Å². The highest BCUT2D eigenvalue weighted by Gasteiger charge is 2.18. The summed E-state index contributed by atoms with van der Waals surface area (Å²) in [5, 5.41) is 5.38. The van der Waals surface area contributed by atoms with Crippen molar-refractivity contribution in [1.29, 1.82) is 0 Å². The van der Waals surface area contributed by atoms with E-state index >= 15 is 0 Å². The Morgan fingerprint density at radius 1 is 1.30 bits per heavy atom. The summed E-state index contributed by atoms with van der Waals surface area (Å²) in [6.07, 6.45) is 1.96. The van der Waals surface area contributed by atoms with Crippen LogP contribution in [0.2, 0.25) is 0 Å². The van der Waals surface area contributed by atoms with Gasteiger partial charge < -0.3 is 9.47 Å². The molecule has 1 amide bonds. The second-order valence-electron chi connectivity index (χ2n) is 4.75. The number of nitrogens with one attached hydrogen (secondary N) is 1. The van der Waals surface area contributed by atoms with Crippen molar-refractivity contribution < 1.29 is 14.3 Å². The van der Waals surface area contributed by atoms with Crippen molar-refractivity contribution >= 4 is 55.7 Å². The zero-order chi connectivity index (χ0) is 15.8. The number of fused-ring (bicyclic) bond motifs is 2. The average Bonchev–Trinajstić information content (AvgIpc) is 3.18. The number of hydrogen-bond acceptors (Lipinski definition) is 7. The second-order valence-corrected chi connectivity index (χ2v) is 7.55. The number of thioether (sulfide) groups is 1. The first-order valence-corrected chi connectivity index (χ1v) is 9.79. The van der Waals surface area contributed by atoms with E-state index in [1.807, 2.05) is 29.8 Å². The highest BCUT2D eigenvalue weighted by Crippen LogP contribution is 2.38. The van der Waals surface area contributed by atoms with Crippen LogP contribution in [0.15, 0.2) is 28.5 Å². The first kappa shape index (κ1) is 14.8. The maximum atomic E-state index is 12.4. The van der Waals surface area contributed by atoms with Crippen molar-refractivity contribution in [3.8, 4) is 11.5 Å². The smallest absolute Gasteiger partial charge is 0.268 e. The fourth-order valence-electron chi connectivity index (χ4n) is 2.30. The number of thiazole rings is 1. The summed E-state index contributed by atoms with van der Waals surface area (Å²) in [6, 6.07) is 5.72. The molecule has 5 nitrogen and oxygen atoms in total. The van der Waals surface area contributed by atoms with E-state index < -0.39 is 0 Å². The number of thiophene rings is 1. The Labute approximate surface area is 144 Å². The number of carbonyl (C=O) groups excluding carboxylic acids is 1. The molecule has 0 fully saturated rings. The minimum absolute atomic E-state index is 0.124. The van der Waals surface area contributed by atoms with Crippen molar-refractivity contribution in [3.63, 3.8) is 0 Å². The second kappa shape index (κ2) is 6.03. The fourth-order valence-corrected chi connectivity index (χ4v) is 4.81. The molecular weight excluding hydrogens is 352 g/mol. The zero-order valence-corrected chi connectivity index (χ0v) is 14.6. The van der Waals surface area contributed by atoms with Gasteiger partial charge in [0.2, 0.25) is 0 Å². The van der Waals surface area contributed by atoms with Gasteiger partial charge in [-0.2, -0.15) is 0 Å². The van der Waals surface area contributed by atoms with Gasteiger partial charge in [0, 0.05) is 17.0 Å². The summed E-state index contributed by atoms with van der Waals surface area (Å²) >= 11 is 4.42. The third-order valence-electron chi connectivity index (χ3n) is 3.33. The minimum atomic E-state index is -0.124. The molecule has 0 saturated carbocycles. The van der Waals surface area contributed by atoms with Gasteiger partial charge in [0.15, 0.2) is 16.6 Å². The number of amides is 1. The molecule has 118 valence electrons. The molecule has 3 heterocycles. The lowest BCUT2D eigenvalue weighted by Crippen LogP contribution is -2.15. The molecule has 1 aromatic carbocycles. The van der Waals surface area contributed by atoms with Crippen LogP contribution in [-0.4, -0.2) is 30.4 Å². The summed E-state index contributed by atoms with van der Waals surface area (Å²) in [6.45, 7) is 1.10. The number of carbonyl (C=O) groups is 1. The molecule has 3 aromatic rings. The molecule has 0 atom stereocenters. The van der Waals surface area contributed by atoms with Crippen LogP contribution >= 0.6 is 34.4 Å². The molecule has 2 aromatic heterocycles. The Hall–Kier alpha value is -1.77. The standard InChI is InChI=1S/C15H12N2O3S3/c1-21-11-2-5-22-13(11)14(18)17-15-16-8-6-9-10(7-12(8)23-15)20-4-3-19-9/h2,5-7H,3-4H2,1H3,(H,16,17,18). The molecule has 0 unspecified atom stereocenters. The number of rotatable bonds is 3. The van der Waals surface area contributed by atoms with Crippen molar-refractivity contribution in [2.75, 3.05) is 24.8 Å². The van der Waals surface area contributed by atoms with Crippen molar-refractivity contribution in [2.45, 2.75) is 4.90 Å². The van der Waals surface area contributed by atoms with Gasteiger partial charge >= 0.3 is 0 Å². The van der Waals surface area contributed by atoms with Gasteiger partial charge in [0.25, 0.3) is 5.91 Å². The predicted molar refractivity (Wildman–Crippen MR) is 94.7 cm³/mol. The zero-order valence-electron chi connectivity index (χ0n) is 12.1. The van der Waals surface area contributed by atoms with E-state index in [9.17, 15) is 4.79 Å². The highest BCUT2D eigenvalue weighted by molar-refractivity contribution is 7.98. The van der Waals surface area contributed by atoms with Gasteiger partial charge in [-0.3, -0.25) is 10.1 Å².